The van der Waals surface area contributed by atoms with Crippen LogP contribution < -0.4 is 16.4 Å². The molecule has 1 aromatic rings. The lowest BCUT2D eigenvalue weighted by Gasteiger charge is -2.12. The lowest BCUT2D eigenvalue weighted by Crippen LogP contribution is -2.42. The van der Waals surface area contributed by atoms with Gasteiger partial charge in [0.15, 0.2) is 0 Å². The number of aliphatic hydroxyl groups excluding tert-OH is 1. The third kappa shape index (κ3) is 3.88. The van der Waals surface area contributed by atoms with Crippen LogP contribution in [0.25, 0.3) is 0 Å². The lowest BCUT2D eigenvalue weighted by molar-refractivity contribution is -0.123. The zero-order chi connectivity index (χ0) is 12.0. The molecule has 5 N–H and O–H groups in total. The van der Waals surface area contributed by atoms with E-state index in [1.54, 1.807) is 19.1 Å². The summed E-state index contributed by atoms with van der Waals surface area (Å²) in [6.07, 6.45) is 0. The fourth-order valence-electron chi connectivity index (χ4n) is 1.21. The van der Waals surface area contributed by atoms with E-state index in [2.05, 4.69) is 10.6 Å². The highest BCUT2D eigenvalue weighted by atomic mass is 16.3. The highest BCUT2D eigenvalue weighted by molar-refractivity contribution is 5.81. The van der Waals surface area contributed by atoms with E-state index in [9.17, 15) is 4.79 Å². The summed E-state index contributed by atoms with van der Waals surface area (Å²) in [6.45, 7) is 1.93. The van der Waals surface area contributed by atoms with Crippen molar-refractivity contribution in [2.75, 3.05) is 12.5 Å². The van der Waals surface area contributed by atoms with Gasteiger partial charge in [0.05, 0.1) is 12.8 Å². The van der Waals surface area contributed by atoms with Crippen molar-refractivity contribution >= 4 is 11.6 Å². The van der Waals surface area contributed by atoms with E-state index in [0.29, 0.717) is 12.2 Å². The number of nitrogens with two attached hydrogens (primary N) is 1. The monoisotopic (exact) mass is 223 g/mol. The molecule has 1 aromatic carbocycles. The molecule has 0 spiro atoms. The predicted molar refractivity (Wildman–Crippen MR) is 62.4 cm³/mol. The van der Waals surface area contributed by atoms with Crippen molar-refractivity contribution in [3.05, 3.63) is 29.8 Å². The number of amides is 1. The molecule has 0 radical (unpaired) electrons. The van der Waals surface area contributed by atoms with E-state index in [0.717, 1.165) is 5.56 Å². The summed E-state index contributed by atoms with van der Waals surface area (Å²) >= 11 is 0. The minimum atomic E-state index is -0.404. The average Bonchev–Trinajstić information content (AvgIpc) is 2.28. The molecule has 1 atom stereocenters. The van der Waals surface area contributed by atoms with Gasteiger partial charge in [0.2, 0.25) is 5.91 Å². The number of nitrogens with one attached hydrogen (secondary N) is 2. The number of carbonyl (C=O) groups is 1. The number of benzene rings is 1. The molecule has 0 aromatic heterocycles. The van der Waals surface area contributed by atoms with Gasteiger partial charge in [-0.25, -0.2) is 0 Å². The third-order valence-corrected chi connectivity index (χ3v) is 2.24. The fourth-order valence-corrected chi connectivity index (χ4v) is 1.21. The summed E-state index contributed by atoms with van der Waals surface area (Å²) in [5.74, 6) is -0.147. The van der Waals surface area contributed by atoms with Crippen molar-refractivity contribution in [3.63, 3.8) is 0 Å². The Morgan fingerprint density at radius 2 is 2.06 bits per heavy atom. The molecule has 0 saturated heterocycles. The first-order valence-electron chi connectivity index (χ1n) is 5.10. The van der Waals surface area contributed by atoms with Crippen LogP contribution in [0.3, 0.4) is 0 Å². The SMILES string of the molecule is C[C@H](NCO)C(=O)NCc1ccc(N)cc1. The maximum absolute atomic E-state index is 11.5. The largest absolute Gasteiger partial charge is 0.399 e. The number of hydrogen-bond donors (Lipinski definition) is 4. The molecule has 88 valence electrons. The molecule has 5 nitrogen and oxygen atoms in total. The molecule has 0 aliphatic carbocycles. The van der Waals surface area contributed by atoms with Gasteiger partial charge in [-0.15, -0.1) is 0 Å². The molecular weight excluding hydrogens is 206 g/mol. The Balaban J connectivity index is 2.39. The second kappa shape index (κ2) is 6.09. The molecule has 0 saturated carbocycles. The third-order valence-electron chi connectivity index (χ3n) is 2.24. The Kier molecular flexibility index (Phi) is 4.75. The van der Waals surface area contributed by atoms with Crippen LogP contribution in [0.15, 0.2) is 24.3 Å². The highest BCUT2D eigenvalue weighted by Gasteiger charge is 2.10. The summed E-state index contributed by atoms with van der Waals surface area (Å²) in [4.78, 5) is 11.5. The second-order valence-corrected chi connectivity index (χ2v) is 3.54. The van der Waals surface area contributed by atoms with Crippen LogP contribution in [0.1, 0.15) is 12.5 Å². The molecule has 0 aliphatic rings. The molecule has 0 fully saturated rings. The lowest BCUT2D eigenvalue weighted by atomic mass is 10.2. The molecule has 1 amide bonds. The van der Waals surface area contributed by atoms with Gasteiger partial charge in [0.25, 0.3) is 0 Å². The van der Waals surface area contributed by atoms with Gasteiger partial charge in [0, 0.05) is 12.2 Å². The smallest absolute Gasteiger partial charge is 0.237 e. The van der Waals surface area contributed by atoms with Crippen molar-refractivity contribution in [2.45, 2.75) is 19.5 Å². The van der Waals surface area contributed by atoms with Crippen molar-refractivity contribution in [1.82, 2.24) is 10.6 Å². The molecule has 0 heterocycles. The van der Waals surface area contributed by atoms with Gasteiger partial charge in [-0.1, -0.05) is 12.1 Å². The van der Waals surface area contributed by atoms with E-state index in [1.165, 1.54) is 0 Å². The molecule has 0 bridgehead atoms. The van der Waals surface area contributed by atoms with Gasteiger partial charge in [-0.05, 0) is 24.6 Å². The predicted octanol–water partition coefficient (Wildman–Crippen LogP) is -0.187. The van der Waals surface area contributed by atoms with Gasteiger partial charge >= 0.3 is 0 Å². The van der Waals surface area contributed by atoms with Crippen LogP contribution in [-0.4, -0.2) is 23.8 Å². The van der Waals surface area contributed by atoms with Gasteiger partial charge < -0.3 is 16.2 Å². The van der Waals surface area contributed by atoms with E-state index < -0.39 is 6.04 Å². The van der Waals surface area contributed by atoms with Crippen LogP contribution in [0.5, 0.6) is 0 Å². The van der Waals surface area contributed by atoms with Crippen molar-refractivity contribution in [2.24, 2.45) is 0 Å². The van der Waals surface area contributed by atoms with Crippen LogP contribution in [0, 0.1) is 0 Å². The van der Waals surface area contributed by atoms with Crippen LogP contribution >= 0.6 is 0 Å². The Labute approximate surface area is 94.7 Å². The molecule has 1 rings (SSSR count). The first-order valence-corrected chi connectivity index (χ1v) is 5.10. The van der Waals surface area contributed by atoms with Crippen LogP contribution in [0.4, 0.5) is 5.69 Å². The van der Waals surface area contributed by atoms with Crippen LogP contribution in [-0.2, 0) is 11.3 Å². The summed E-state index contributed by atoms with van der Waals surface area (Å²) in [5.41, 5.74) is 7.23. The number of nitrogen functional groups attached to an aromatic ring is 1. The standard InChI is InChI=1S/C11H17N3O2/c1-8(14-7-15)11(16)13-6-9-2-4-10(12)5-3-9/h2-5,8,14-15H,6-7,12H2,1H3,(H,13,16)/t8-/m0/s1. The summed E-state index contributed by atoms with van der Waals surface area (Å²) in [7, 11) is 0. The van der Waals surface area contributed by atoms with E-state index in [-0.39, 0.29) is 12.6 Å². The number of hydrogen-bond acceptors (Lipinski definition) is 4. The summed E-state index contributed by atoms with van der Waals surface area (Å²) in [5, 5.41) is 14.0. The van der Waals surface area contributed by atoms with Crippen LogP contribution in [0.2, 0.25) is 0 Å². The maximum Gasteiger partial charge on any atom is 0.237 e. The molecular formula is C11H17N3O2. The van der Waals surface area contributed by atoms with E-state index >= 15 is 0 Å². The number of anilines is 1. The summed E-state index contributed by atoms with van der Waals surface area (Å²) in [6, 6.07) is 6.89. The van der Waals surface area contributed by atoms with Gasteiger partial charge in [-0.2, -0.15) is 0 Å². The van der Waals surface area contributed by atoms with Crippen molar-refractivity contribution < 1.29 is 9.90 Å². The Morgan fingerprint density at radius 3 is 2.62 bits per heavy atom. The second-order valence-electron chi connectivity index (χ2n) is 3.54. The number of aliphatic hydroxyl groups is 1. The fraction of sp³-hybridized carbons (Fsp3) is 0.364. The molecule has 5 heteroatoms. The Hall–Kier alpha value is -1.59. The van der Waals surface area contributed by atoms with Gasteiger partial charge in [0.1, 0.15) is 0 Å². The molecule has 16 heavy (non-hydrogen) atoms. The number of carbonyl (C=O) groups excluding carboxylic acids is 1. The Morgan fingerprint density at radius 1 is 1.44 bits per heavy atom. The van der Waals surface area contributed by atoms with E-state index in [1.807, 2.05) is 12.1 Å². The van der Waals surface area contributed by atoms with E-state index in [4.69, 9.17) is 10.8 Å². The van der Waals surface area contributed by atoms with Crippen molar-refractivity contribution in [3.8, 4) is 0 Å². The first kappa shape index (κ1) is 12.5. The number of rotatable bonds is 5. The average molecular weight is 223 g/mol. The highest BCUT2D eigenvalue weighted by Crippen LogP contribution is 2.04. The zero-order valence-electron chi connectivity index (χ0n) is 9.23. The maximum atomic E-state index is 11.5. The normalized spacial score (nSPS) is 12.1. The van der Waals surface area contributed by atoms with Crippen molar-refractivity contribution in [1.29, 1.82) is 0 Å². The molecule has 0 unspecified atom stereocenters. The minimum absolute atomic E-state index is 0.147. The molecule has 0 aliphatic heterocycles. The first-order chi connectivity index (χ1) is 7.63. The zero-order valence-corrected chi connectivity index (χ0v) is 9.23. The quantitative estimate of drug-likeness (QED) is 0.412. The minimum Gasteiger partial charge on any atom is -0.399 e. The summed E-state index contributed by atoms with van der Waals surface area (Å²) < 4.78 is 0. The van der Waals surface area contributed by atoms with Gasteiger partial charge in [-0.3, -0.25) is 10.1 Å². The topological polar surface area (TPSA) is 87.4 Å². The Bertz CT molecular complexity index is 338.